The first-order valence-corrected chi connectivity index (χ1v) is 9.57. The highest BCUT2D eigenvalue weighted by molar-refractivity contribution is 6.35. The second-order valence-electron chi connectivity index (χ2n) is 6.56. The number of carbonyl (C=O) groups is 1. The molecular formula is C19H22Cl2N4O2. The second kappa shape index (κ2) is 8.31. The summed E-state index contributed by atoms with van der Waals surface area (Å²) in [6.45, 7) is 8.24. The molecule has 1 aliphatic rings. The first-order valence-electron chi connectivity index (χ1n) is 8.81. The molecule has 1 unspecified atom stereocenters. The van der Waals surface area contributed by atoms with E-state index in [4.69, 9.17) is 27.9 Å². The molecule has 0 spiro atoms. The molecule has 0 N–H and O–H groups in total. The number of piperazine rings is 1. The molecule has 1 atom stereocenters. The molecule has 0 radical (unpaired) electrons. The molecule has 6 nitrogen and oxygen atoms in total. The molecule has 144 valence electrons. The Kier molecular flexibility index (Phi) is 6.07. The minimum Gasteiger partial charge on any atom is -0.479 e. The van der Waals surface area contributed by atoms with Gasteiger partial charge in [-0.15, -0.1) is 0 Å². The van der Waals surface area contributed by atoms with E-state index in [1.54, 1.807) is 25.1 Å². The van der Waals surface area contributed by atoms with E-state index < -0.39 is 6.10 Å². The highest BCUT2D eigenvalue weighted by Gasteiger charge is 2.27. The number of aryl methyl sites for hydroxylation is 2. The molecule has 1 fully saturated rings. The van der Waals surface area contributed by atoms with E-state index >= 15 is 0 Å². The Bertz CT molecular complexity index is 818. The standard InChI is InChI=1S/C19H22Cl2N4O2/c1-12-10-18(23-14(3)22-12)24-6-8-25(9-7-24)19(26)13(2)27-17-5-4-15(20)11-16(17)21/h4-5,10-11,13H,6-9H2,1-3H3. The van der Waals surface area contributed by atoms with Crippen LogP contribution in [0.15, 0.2) is 24.3 Å². The van der Waals surface area contributed by atoms with Crippen molar-refractivity contribution in [1.82, 2.24) is 14.9 Å². The highest BCUT2D eigenvalue weighted by Crippen LogP contribution is 2.28. The van der Waals surface area contributed by atoms with Crippen LogP contribution in [0.2, 0.25) is 10.0 Å². The average molecular weight is 409 g/mol. The molecule has 1 saturated heterocycles. The maximum absolute atomic E-state index is 12.7. The maximum Gasteiger partial charge on any atom is 0.263 e. The molecule has 27 heavy (non-hydrogen) atoms. The lowest BCUT2D eigenvalue weighted by Crippen LogP contribution is -2.52. The summed E-state index contributed by atoms with van der Waals surface area (Å²) in [7, 11) is 0. The molecule has 1 amide bonds. The van der Waals surface area contributed by atoms with Crippen LogP contribution in [-0.4, -0.2) is 53.1 Å². The largest absolute Gasteiger partial charge is 0.479 e. The predicted molar refractivity (Wildman–Crippen MR) is 107 cm³/mol. The Morgan fingerprint density at radius 3 is 2.44 bits per heavy atom. The third-order valence-electron chi connectivity index (χ3n) is 4.41. The Hall–Kier alpha value is -2.05. The summed E-state index contributed by atoms with van der Waals surface area (Å²) in [5, 5.41) is 0.916. The number of ether oxygens (including phenoxy) is 1. The van der Waals surface area contributed by atoms with Crippen LogP contribution in [0.5, 0.6) is 5.75 Å². The van der Waals surface area contributed by atoms with Crippen molar-refractivity contribution in [1.29, 1.82) is 0 Å². The van der Waals surface area contributed by atoms with Crippen LogP contribution in [-0.2, 0) is 4.79 Å². The molecule has 1 aliphatic heterocycles. The van der Waals surface area contributed by atoms with Gasteiger partial charge in [-0.25, -0.2) is 9.97 Å². The summed E-state index contributed by atoms with van der Waals surface area (Å²) >= 11 is 12.0. The lowest BCUT2D eigenvalue weighted by molar-refractivity contribution is -0.138. The summed E-state index contributed by atoms with van der Waals surface area (Å²) in [5.41, 5.74) is 0.942. The van der Waals surface area contributed by atoms with Crippen molar-refractivity contribution in [2.45, 2.75) is 26.9 Å². The van der Waals surface area contributed by atoms with Crippen molar-refractivity contribution in [2.24, 2.45) is 0 Å². The number of benzene rings is 1. The molecule has 8 heteroatoms. The Balaban J connectivity index is 1.59. The maximum atomic E-state index is 12.7. The monoisotopic (exact) mass is 408 g/mol. The van der Waals surface area contributed by atoms with Crippen LogP contribution in [0, 0.1) is 13.8 Å². The molecule has 0 aliphatic carbocycles. The quantitative estimate of drug-likeness (QED) is 0.774. The van der Waals surface area contributed by atoms with Gasteiger partial charge in [0.15, 0.2) is 6.10 Å². The zero-order valence-electron chi connectivity index (χ0n) is 15.6. The summed E-state index contributed by atoms with van der Waals surface area (Å²) in [4.78, 5) is 25.5. The number of halogens is 2. The molecule has 1 aromatic carbocycles. The van der Waals surface area contributed by atoms with Crippen LogP contribution in [0.25, 0.3) is 0 Å². The lowest BCUT2D eigenvalue weighted by Gasteiger charge is -2.36. The predicted octanol–water partition coefficient (Wildman–Crippen LogP) is 3.52. The highest BCUT2D eigenvalue weighted by atomic mass is 35.5. The number of hydrogen-bond donors (Lipinski definition) is 0. The lowest BCUT2D eigenvalue weighted by atomic mass is 10.2. The minimum atomic E-state index is -0.626. The molecule has 2 heterocycles. The van der Waals surface area contributed by atoms with E-state index in [1.165, 1.54) is 0 Å². The Morgan fingerprint density at radius 1 is 1.11 bits per heavy atom. The van der Waals surface area contributed by atoms with Crippen LogP contribution in [0.4, 0.5) is 5.82 Å². The molecule has 0 bridgehead atoms. The van der Waals surface area contributed by atoms with E-state index in [9.17, 15) is 4.79 Å². The van der Waals surface area contributed by atoms with Crippen molar-refractivity contribution in [2.75, 3.05) is 31.1 Å². The fraction of sp³-hybridized carbons (Fsp3) is 0.421. The first-order chi connectivity index (χ1) is 12.8. The number of rotatable bonds is 4. The van der Waals surface area contributed by atoms with Gasteiger partial charge in [-0.05, 0) is 39.0 Å². The van der Waals surface area contributed by atoms with Gasteiger partial charge in [0.05, 0.1) is 5.02 Å². The van der Waals surface area contributed by atoms with Crippen LogP contribution in [0.3, 0.4) is 0 Å². The van der Waals surface area contributed by atoms with Gasteiger partial charge < -0.3 is 14.5 Å². The van der Waals surface area contributed by atoms with Crippen LogP contribution in [0.1, 0.15) is 18.4 Å². The van der Waals surface area contributed by atoms with Gasteiger partial charge in [-0.2, -0.15) is 0 Å². The van der Waals surface area contributed by atoms with Gasteiger partial charge in [0, 0.05) is 43.0 Å². The topological polar surface area (TPSA) is 58.6 Å². The van der Waals surface area contributed by atoms with Crippen molar-refractivity contribution >= 4 is 34.9 Å². The number of aromatic nitrogens is 2. The summed E-state index contributed by atoms with van der Waals surface area (Å²) in [6, 6.07) is 6.93. The van der Waals surface area contributed by atoms with Gasteiger partial charge in [0.25, 0.3) is 5.91 Å². The summed E-state index contributed by atoms with van der Waals surface area (Å²) in [5.74, 6) is 2.05. The van der Waals surface area contributed by atoms with E-state index in [-0.39, 0.29) is 5.91 Å². The second-order valence-corrected chi connectivity index (χ2v) is 7.41. The van der Waals surface area contributed by atoms with Crippen LogP contribution >= 0.6 is 23.2 Å². The Morgan fingerprint density at radius 2 is 1.81 bits per heavy atom. The molecular weight excluding hydrogens is 387 g/mol. The van der Waals surface area contributed by atoms with E-state index in [0.29, 0.717) is 28.9 Å². The van der Waals surface area contributed by atoms with Gasteiger partial charge in [0.1, 0.15) is 17.4 Å². The molecule has 2 aromatic rings. The van der Waals surface area contributed by atoms with Crippen molar-refractivity contribution in [3.05, 3.63) is 45.8 Å². The van der Waals surface area contributed by atoms with Crippen molar-refractivity contribution in [3.8, 4) is 5.75 Å². The number of carbonyl (C=O) groups excluding carboxylic acids is 1. The fourth-order valence-electron chi connectivity index (χ4n) is 3.08. The average Bonchev–Trinajstić information content (AvgIpc) is 2.62. The zero-order chi connectivity index (χ0) is 19.6. The number of hydrogen-bond acceptors (Lipinski definition) is 5. The molecule has 1 aromatic heterocycles. The van der Waals surface area contributed by atoms with E-state index in [0.717, 1.165) is 30.4 Å². The van der Waals surface area contributed by atoms with Crippen molar-refractivity contribution < 1.29 is 9.53 Å². The first kappa shape index (κ1) is 19.7. The zero-order valence-corrected chi connectivity index (χ0v) is 17.1. The van der Waals surface area contributed by atoms with Gasteiger partial charge in [-0.1, -0.05) is 23.2 Å². The third kappa shape index (κ3) is 4.82. The summed E-state index contributed by atoms with van der Waals surface area (Å²) < 4.78 is 5.74. The molecule has 0 saturated carbocycles. The minimum absolute atomic E-state index is 0.0595. The van der Waals surface area contributed by atoms with Crippen molar-refractivity contribution in [3.63, 3.8) is 0 Å². The van der Waals surface area contributed by atoms with E-state index in [2.05, 4.69) is 14.9 Å². The normalized spacial score (nSPS) is 15.6. The number of nitrogens with zero attached hydrogens (tertiary/aromatic N) is 4. The SMILES string of the molecule is Cc1cc(N2CCN(C(=O)C(C)Oc3ccc(Cl)cc3Cl)CC2)nc(C)n1. The van der Waals surface area contributed by atoms with Gasteiger partial charge >= 0.3 is 0 Å². The third-order valence-corrected chi connectivity index (χ3v) is 4.94. The number of anilines is 1. The van der Waals surface area contributed by atoms with Gasteiger partial charge in [-0.3, -0.25) is 4.79 Å². The van der Waals surface area contributed by atoms with Crippen LogP contribution < -0.4 is 9.64 Å². The fourth-order valence-corrected chi connectivity index (χ4v) is 3.54. The summed E-state index contributed by atoms with van der Waals surface area (Å²) in [6.07, 6.45) is -0.626. The Labute approximate surface area is 169 Å². The molecule has 3 rings (SSSR count). The van der Waals surface area contributed by atoms with Gasteiger partial charge in [0.2, 0.25) is 0 Å². The van der Waals surface area contributed by atoms with E-state index in [1.807, 2.05) is 24.8 Å². The smallest absolute Gasteiger partial charge is 0.263 e. The number of amides is 1.